The molecule has 0 bridgehead atoms. The van der Waals surface area contributed by atoms with Crippen molar-refractivity contribution in [1.82, 2.24) is 0 Å². The first-order valence-electron chi connectivity index (χ1n) is 15.9. The smallest absolute Gasteiger partial charge is 0.148 e. The Morgan fingerprint density at radius 2 is 0.595 bits per heavy atom. The van der Waals surface area contributed by atoms with Crippen LogP contribution in [0.3, 0.4) is 0 Å². The normalized spacial score (nSPS) is 13.2. The van der Waals surface area contributed by atoms with E-state index in [1.807, 2.05) is 0 Å². The number of carbonyl (C=O) groups is 1. The maximum atomic E-state index is 14.8. The molecule has 0 heterocycles. The summed E-state index contributed by atoms with van der Waals surface area (Å²) in [6, 6.07) is 35.4. The molecule has 0 N–H and O–H groups in total. The van der Waals surface area contributed by atoms with Crippen molar-refractivity contribution in [2.45, 2.75) is 104 Å². The molecule has 42 heavy (non-hydrogen) atoms. The van der Waals surface area contributed by atoms with Gasteiger partial charge in [0.05, 0.1) is 0 Å². The zero-order chi connectivity index (χ0) is 30.4. The lowest BCUT2D eigenvalue weighted by Crippen LogP contribution is -2.24. The molecule has 0 amide bonds. The summed E-state index contributed by atoms with van der Waals surface area (Å²) in [7, 11) is 0. The Kier molecular flexibility index (Phi) is 10.6. The van der Waals surface area contributed by atoms with Crippen LogP contribution in [-0.4, -0.2) is 5.78 Å². The van der Waals surface area contributed by atoms with Crippen LogP contribution < -0.4 is 0 Å². The maximum absolute atomic E-state index is 14.8. The molecule has 4 rings (SSSR count). The van der Waals surface area contributed by atoms with E-state index in [1.165, 1.54) is 33.4 Å². The molecule has 0 spiro atoms. The average Bonchev–Trinajstić information content (AvgIpc) is 2.99. The van der Waals surface area contributed by atoms with Gasteiger partial charge in [-0.3, -0.25) is 4.79 Å². The van der Waals surface area contributed by atoms with Crippen molar-refractivity contribution < 1.29 is 4.79 Å². The van der Waals surface area contributed by atoms with Crippen molar-refractivity contribution in [3.8, 4) is 0 Å². The minimum absolute atomic E-state index is 0.221. The van der Waals surface area contributed by atoms with E-state index in [4.69, 9.17) is 0 Å². The van der Waals surface area contributed by atoms with E-state index < -0.39 is 0 Å². The van der Waals surface area contributed by atoms with Crippen LogP contribution in [0, 0.1) is 0 Å². The van der Waals surface area contributed by atoms with Crippen molar-refractivity contribution in [3.63, 3.8) is 0 Å². The predicted octanol–water partition coefficient (Wildman–Crippen LogP) is 11.1. The molecule has 0 radical (unpaired) electrons. The van der Waals surface area contributed by atoms with Crippen LogP contribution in [0.25, 0.3) is 0 Å². The molecule has 0 aliphatic heterocycles. The van der Waals surface area contributed by atoms with Gasteiger partial charge in [0, 0.05) is 11.8 Å². The van der Waals surface area contributed by atoms with Crippen LogP contribution in [0.4, 0.5) is 0 Å². The first-order chi connectivity index (χ1) is 20.0. The Hall–Kier alpha value is -3.45. The Balaban J connectivity index is 1.75. The van der Waals surface area contributed by atoms with Gasteiger partial charge in [0.1, 0.15) is 5.78 Å². The summed E-state index contributed by atoms with van der Waals surface area (Å²) in [5, 5.41) is 0. The Labute approximate surface area is 255 Å². The summed E-state index contributed by atoms with van der Waals surface area (Å²) in [5.74, 6) is 1.74. The molecule has 4 aromatic carbocycles. The van der Waals surface area contributed by atoms with Gasteiger partial charge in [-0.05, 0) is 81.0 Å². The molecule has 0 aromatic heterocycles. The predicted molar refractivity (Wildman–Crippen MR) is 180 cm³/mol. The Morgan fingerprint density at radius 1 is 0.381 bits per heavy atom. The van der Waals surface area contributed by atoms with Gasteiger partial charge in [0.15, 0.2) is 0 Å². The highest BCUT2D eigenvalue weighted by Crippen LogP contribution is 2.34. The van der Waals surface area contributed by atoms with Crippen molar-refractivity contribution in [1.29, 1.82) is 0 Å². The highest BCUT2D eigenvalue weighted by molar-refractivity contribution is 5.92. The van der Waals surface area contributed by atoms with Crippen molar-refractivity contribution in [2.75, 3.05) is 0 Å². The van der Waals surface area contributed by atoms with E-state index in [9.17, 15) is 4.79 Å². The second-order valence-electron chi connectivity index (χ2n) is 13.4. The lowest BCUT2D eigenvalue weighted by atomic mass is 9.77. The monoisotopic (exact) mass is 558 g/mol. The maximum Gasteiger partial charge on any atom is 0.148 e. The molecule has 0 aliphatic rings. The molecule has 0 fully saturated rings. The second-order valence-corrected chi connectivity index (χ2v) is 13.4. The largest absolute Gasteiger partial charge is 0.298 e. The number of rotatable bonds is 12. The number of carbonyl (C=O) groups excluding carboxylic acids is 1. The minimum atomic E-state index is -0.221. The van der Waals surface area contributed by atoms with Gasteiger partial charge in [-0.1, -0.05) is 152 Å². The van der Waals surface area contributed by atoms with Crippen LogP contribution >= 0.6 is 0 Å². The summed E-state index contributed by atoms with van der Waals surface area (Å²) >= 11 is 0. The summed E-state index contributed by atoms with van der Waals surface area (Å²) in [5.41, 5.74) is 9.90. The fourth-order valence-electron chi connectivity index (χ4n) is 5.78. The van der Waals surface area contributed by atoms with Crippen molar-refractivity contribution >= 4 is 5.78 Å². The topological polar surface area (TPSA) is 17.1 Å². The van der Waals surface area contributed by atoms with E-state index >= 15 is 0 Å². The molecule has 2 unspecified atom stereocenters. The van der Waals surface area contributed by atoms with Crippen LogP contribution in [0.2, 0.25) is 0 Å². The summed E-state index contributed by atoms with van der Waals surface area (Å²) in [4.78, 5) is 14.8. The van der Waals surface area contributed by atoms with Crippen molar-refractivity contribution in [3.05, 3.63) is 142 Å². The Bertz CT molecular complexity index is 1290. The highest BCUT2D eigenvalue weighted by atomic mass is 16.1. The average molecular weight is 559 g/mol. The Morgan fingerprint density at radius 3 is 0.833 bits per heavy atom. The standard InChI is InChI=1S/C41H50O/c1-27(2)33-13-9-31(10-14-33)25-39(37-21-17-35(18-22-37)29(5)6)41(42)40(38-23-19-36(20-24-38)30(7)8)26-32-11-15-34(16-12-32)28(3)4/h9-24,27-30,39-40H,25-26H2,1-8H3. The quantitative estimate of drug-likeness (QED) is 0.169. The minimum Gasteiger partial charge on any atom is -0.298 e. The van der Waals surface area contributed by atoms with E-state index in [0.29, 0.717) is 42.3 Å². The lowest BCUT2D eigenvalue weighted by Gasteiger charge is -2.25. The molecule has 2 atom stereocenters. The zero-order valence-corrected chi connectivity index (χ0v) is 27.0. The van der Waals surface area contributed by atoms with E-state index in [2.05, 4.69) is 152 Å². The van der Waals surface area contributed by atoms with Gasteiger partial charge in [-0.2, -0.15) is 0 Å². The highest BCUT2D eigenvalue weighted by Gasteiger charge is 2.30. The summed E-state index contributed by atoms with van der Waals surface area (Å²) < 4.78 is 0. The third kappa shape index (κ3) is 7.88. The number of Topliss-reactive ketones (excluding diaryl/α,β-unsaturated/α-hetero) is 1. The van der Waals surface area contributed by atoms with E-state index in [-0.39, 0.29) is 11.8 Å². The molecule has 0 saturated heterocycles. The first kappa shape index (κ1) is 31.5. The van der Waals surface area contributed by atoms with Gasteiger partial charge < -0.3 is 0 Å². The zero-order valence-electron chi connectivity index (χ0n) is 27.0. The fourth-order valence-corrected chi connectivity index (χ4v) is 5.78. The molecule has 220 valence electrons. The van der Waals surface area contributed by atoms with Gasteiger partial charge in [0.2, 0.25) is 0 Å². The van der Waals surface area contributed by atoms with Gasteiger partial charge >= 0.3 is 0 Å². The van der Waals surface area contributed by atoms with Gasteiger partial charge in [-0.15, -0.1) is 0 Å². The van der Waals surface area contributed by atoms with Crippen LogP contribution in [-0.2, 0) is 17.6 Å². The van der Waals surface area contributed by atoms with Crippen LogP contribution in [0.5, 0.6) is 0 Å². The molecular formula is C41H50O. The van der Waals surface area contributed by atoms with E-state index in [0.717, 1.165) is 11.1 Å². The SMILES string of the molecule is CC(C)c1ccc(CC(C(=O)C(Cc2ccc(C(C)C)cc2)c2ccc(C(C)C)cc2)c2ccc(C(C)C)cc2)cc1. The molecular weight excluding hydrogens is 508 g/mol. The summed E-state index contributed by atoms with van der Waals surface area (Å²) in [6.07, 6.45) is 1.40. The molecule has 0 aliphatic carbocycles. The fraction of sp³-hybridized carbons (Fsp3) is 0.390. The molecule has 4 aromatic rings. The third-order valence-corrected chi connectivity index (χ3v) is 8.87. The first-order valence-corrected chi connectivity index (χ1v) is 15.9. The number of benzene rings is 4. The summed E-state index contributed by atoms with van der Waals surface area (Å²) in [6.45, 7) is 17.8. The second kappa shape index (κ2) is 14.1. The number of hydrogen-bond acceptors (Lipinski definition) is 1. The van der Waals surface area contributed by atoms with Gasteiger partial charge in [0.25, 0.3) is 0 Å². The van der Waals surface area contributed by atoms with E-state index in [1.54, 1.807) is 0 Å². The lowest BCUT2D eigenvalue weighted by molar-refractivity contribution is -0.122. The molecule has 1 nitrogen and oxygen atoms in total. The van der Waals surface area contributed by atoms with Gasteiger partial charge in [-0.25, -0.2) is 0 Å². The number of ketones is 1. The third-order valence-electron chi connectivity index (χ3n) is 8.87. The van der Waals surface area contributed by atoms with Crippen LogP contribution in [0.15, 0.2) is 97.1 Å². The van der Waals surface area contributed by atoms with Crippen LogP contribution in [0.1, 0.15) is 135 Å². The molecule has 1 heteroatoms. The number of hydrogen-bond donors (Lipinski definition) is 0. The molecule has 0 saturated carbocycles. The van der Waals surface area contributed by atoms with Crippen molar-refractivity contribution in [2.24, 2.45) is 0 Å².